The summed E-state index contributed by atoms with van der Waals surface area (Å²) in [6.07, 6.45) is 3.66. The fraction of sp³-hybridized carbons (Fsp3) is 0.700. The molecule has 0 amide bonds. The first kappa shape index (κ1) is 18.2. The minimum absolute atomic E-state index is 0.229. The van der Waals surface area contributed by atoms with E-state index in [-0.39, 0.29) is 5.41 Å². The Morgan fingerprint density at radius 3 is 2.00 bits per heavy atom. The van der Waals surface area contributed by atoms with Crippen molar-refractivity contribution in [2.45, 2.75) is 79.2 Å². The Labute approximate surface area is 132 Å². The Morgan fingerprint density at radius 1 is 1.10 bits per heavy atom. The van der Waals surface area contributed by atoms with Gasteiger partial charge in [-0.25, -0.2) is 0 Å². The highest BCUT2D eigenvalue weighted by Crippen LogP contribution is 2.28. The van der Waals surface area contributed by atoms with Crippen molar-refractivity contribution in [3.05, 3.63) is 34.4 Å². The third kappa shape index (κ3) is 5.14. The van der Waals surface area contributed by atoms with E-state index < -0.39 is 0 Å². The average molecular weight is 290 g/mol. The average Bonchev–Trinajstić information content (AvgIpc) is 2.39. The zero-order valence-electron chi connectivity index (χ0n) is 15.4. The van der Waals surface area contributed by atoms with Crippen LogP contribution in [-0.2, 0) is 11.8 Å². The van der Waals surface area contributed by atoms with Gasteiger partial charge in [0.15, 0.2) is 0 Å². The van der Waals surface area contributed by atoms with Crippen LogP contribution in [0, 0.1) is 19.8 Å². The van der Waals surface area contributed by atoms with Crippen molar-refractivity contribution in [1.29, 1.82) is 0 Å². The highest BCUT2D eigenvalue weighted by molar-refractivity contribution is 5.41. The second kappa shape index (κ2) is 7.45. The quantitative estimate of drug-likeness (QED) is 0.762. The molecule has 2 atom stereocenters. The largest absolute Gasteiger partial charge is 0.317 e. The van der Waals surface area contributed by atoms with Gasteiger partial charge in [-0.1, -0.05) is 53.2 Å². The predicted molar refractivity (Wildman–Crippen MR) is 95.2 cm³/mol. The number of likely N-dealkylation sites (N-methyl/N-ethyl adjacent to an activating group) is 1. The van der Waals surface area contributed by atoms with Crippen LogP contribution in [0.25, 0.3) is 0 Å². The third-order valence-electron chi connectivity index (χ3n) is 4.80. The van der Waals surface area contributed by atoms with Gasteiger partial charge in [-0.3, -0.25) is 0 Å². The molecule has 21 heavy (non-hydrogen) atoms. The lowest BCUT2D eigenvalue weighted by atomic mass is 9.82. The zero-order valence-corrected chi connectivity index (χ0v) is 15.4. The number of rotatable bonds is 6. The molecule has 0 aliphatic rings. The standard InChI is InChI=1S/C20H35N/c1-9-14(2)10-18(21-8)13-19-15(3)11-17(12-16(19)4)20(5,6)7/h11-12,14,18,21H,9-10,13H2,1-8H3. The summed E-state index contributed by atoms with van der Waals surface area (Å²) in [5.41, 5.74) is 6.11. The maximum absolute atomic E-state index is 3.52. The maximum atomic E-state index is 3.52. The normalized spacial score (nSPS) is 15.0. The summed E-state index contributed by atoms with van der Waals surface area (Å²) in [5.74, 6) is 0.789. The van der Waals surface area contributed by atoms with Gasteiger partial charge < -0.3 is 5.32 Å². The van der Waals surface area contributed by atoms with Gasteiger partial charge in [-0.15, -0.1) is 0 Å². The molecule has 1 nitrogen and oxygen atoms in total. The molecule has 0 bridgehead atoms. The van der Waals surface area contributed by atoms with Gasteiger partial charge in [0.1, 0.15) is 0 Å². The molecule has 0 heterocycles. The summed E-state index contributed by atoms with van der Waals surface area (Å²) in [5, 5.41) is 3.52. The molecule has 1 heteroatoms. The molecule has 1 aromatic carbocycles. The van der Waals surface area contributed by atoms with E-state index in [2.05, 4.69) is 73.0 Å². The molecule has 0 aliphatic carbocycles. The zero-order chi connectivity index (χ0) is 16.2. The minimum Gasteiger partial charge on any atom is -0.317 e. The van der Waals surface area contributed by atoms with Gasteiger partial charge in [0.05, 0.1) is 0 Å². The van der Waals surface area contributed by atoms with Crippen molar-refractivity contribution < 1.29 is 0 Å². The Kier molecular flexibility index (Phi) is 6.46. The molecule has 0 radical (unpaired) electrons. The lowest BCUT2D eigenvalue weighted by Crippen LogP contribution is -2.30. The highest BCUT2D eigenvalue weighted by atomic mass is 14.9. The smallest absolute Gasteiger partial charge is 0.0107 e. The van der Waals surface area contributed by atoms with Crippen LogP contribution in [0.4, 0.5) is 0 Å². The molecule has 1 aromatic rings. The van der Waals surface area contributed by atoms with E-state index in [1.54, 1.807) is 0 Å². The maximum Gasteiger partial charge on any atom is 0.0107 e. The van der Waals surface area contributed by atoms with Gasteiger partial charge in [0.25, 0.3) is 0 Å². The Balaban J connectivity index is 2.98. The molecule has 0 spiro atoms. The van der Waals surface area contributed by atoms with Crippen molar-refractivity contribution in [3.63, 3.8) is 0 Å². The second-order valence-corrected chi connectivity index (χ2v) is 7.78. The molecule has 1 N–H and O–H groups in total. The van der Waals surface area contributed by atoms with Crippen molar-refractivity contribution in [2.75, 3.05) is 7.05 Å². The Bertz CT molecular complexity index is 430. The number of aryl methyl sites for hydroxylation is 2. The summed E-state index contributed by atoms with van der Waals surface area (Å²) >= 11 is 0. The van der Waals surface area contributed by atoms with Crippen LogP contribution in [0.5, 0.6) is 0 Å². The van der Waals surface area contributed by atoms with Gasteiger partial charge >= 0.3 is 0 Å². The Morgan fingerprint density at radius 2 is 1.62 bits per heavy atom. The van der Waals surface area contributed by atoms with Crippen molar-refractivity contribution >= 4 is 0 Å². The highest BCUT2D eigenvalue weighted by Gasteiger charge is 2.18. The van der Waals surface area contributed by atoms with Gasteiger partial charge in [-0.2, -0.15) is 0 Å². The number of hydrogen-bond acceptors (Lipinski definition) is 1. The number of hydrogen-bond donors (Lipinski definition) is 1. The van der Waals surface area contributed by atoms with Crippen LogP contribution in [0.15, 0.2) is 12.1 Å². The van der Waals surface area contributed by atoms with E-state index in [1.165, 1.54) is 35.1 Å². The summed E-state index contributed by atoms with van der Waals surface area (Å²) in [6.45, 7) is 16.1. The number of nitrogens with one attached hydrogen (secondary N) is 1. The summed E-state index contributed by atoms with van der Waals surface area (Å²) in [7, 11) is 2.10. The van der Waals surface area contributed by atoms with Crippen molar-refractivity contribution in [2.24, 2.45) is 5.92 Å². The van der Waals surface area contributed by atoms with Gasteiger partial charge in [0, 0.05) is 6.04 Å². The first-order valence-electron chi connectivity index (χ1n) is 8.46. The lowest BCUT2D eigenvalue weighted by molar-refractivity contribution is 0.409. The first-order chi connectivity index (χ1) is 9.68. The van der Waals surface area contributed by atoms with Crippen molar-refractivity contribution in [3.8, 4) is 0 Å². The van der Waals surface area contributed by atoms with Crippen LogP contribution >= 0.6 is 0 Å². The minimum atomic E-state index is 0.229. The molecule has 0 saturated heterocycles. The fourth-order valence-electron chi connectivity index (χ4n) is 2.95. The predicted octanol–water partition coefficient (Wildman–Crippen LogP) is 5.17. The van der Waals surface area contributed by atoms with Crippen LogP contribution in [0.2, 0.25) is 0 Å². The summed E-state index contributed by atoms with van der Waals surface area (Å²) < 4.78 is 0. The molecular weight excluding hydrogens is 254 g/mol. The molecule has 1 rings (SSSR count). The first-order valence-corrected chi connectivity index (χ1v) is 8.46. The molecule has 0 aliphatic heterocycles. The van der Waals surface area contributed by atoms with Crippen molar-refractivity contribution in [1.82, 2.24) is 5.32 Å². The van der Waals surface area contributed by atoms with E-state index >= 15 is 0 Å². The fourth-order valence-corrected chi connectivity index (χ4v) is 2.95. The molecule has 120 valence electrons. The summed E-state index contributed by atoms with van der Waals surface area (Å²) in [4.78, 5) is 0. The van der Waals surface area contributed by atoms with Gasteiger partial charge in [-0.05, 0) is 67.3 Å². The van der Waals surface area contributed by atoms with E-state index in [0.717, 1.165) is 12.3 Å². The third-order valence-corrected chi connectivity index (χ3v) is 4.80. The number of benzene rings is 1. The summed E-state index contributed by atoms with van der Waals surface area (Å²) in [6, 6.07) is 5.36. The van der Waals surface area contributed by atoms with Crippen LogP contribution < -0.4 is 5.32 Å². The SMILES string of the molecule is CCC(C)CC(Cc1c(C)cc(C(C)(C)C)cc1C)NC. The molecule has 0 saturated carbocycles. The van der Waals surface area contributed by atoms with E-state index in [9.17, 15) is 0 Å². The molecule has 2 unspecified atom stereocenters. The van der Waals surface area contributed by atoms with Crippen LogP contribution in [0.1, 0.15) is 69.7 Å². The lowest BCUT2D eigenvalue weighted by Gasteiger charge is -2.25. The van der Waals surface area contributed by atoms with E-state index in [4.69, 9.17) is 0 Å². The van der Waals surface area contributed by atoms with E-state index in [0.29, 0.717) is 6.04 Å². The molecular formula is C20H35N. The molecule has 0 aromatic heterocycles. The molecule has 0 fully saturated rings. The van der Waals surface area contributed by atoms with Crippen LogP contribution in [-0.4, -0.2) is 13.1 Å². The van der Waals surface area contributed by atoms with E-state index in [1.807, 2.05) is 0 Å². The topological polar surface area (TPSA) is 12.0 Å². The van der Waals surface area contributed by atoms with Crippen LogP contribution in [0.3, 0.4) is 0 Å². The van der Waals surface area contributed by atoms with Gasteiger partial charge in [0.2, 0.25) is 0 Å². The second-order valence-electron chi connectivity index (χ2n) is 7.78. The monoisotopic (exact) mass is 289 g/mol. The Hall–Kier alpha value is -0.820.